The third-order valence-electron chi connectivity index (χ3n) is 4.57. The minimum Gasteiger partial charge on any atom is -0.298 e. The molecule has 5 heteroatoms. The Hall–Kier alpha value is -0.910. The number of hydrogen-bond acceptors (Lipinski definition) is 4. The van der Waals surface area contributed by atoms with E-state index in [1.54, 1.807) is 0 Å². The zero-order chi connectivity index (χ0) is 16.2. The van der Waals surface area contributed by atoms with Gasteiger partial charge in [-0.05, 0) is 26.0 Å². The minimum atomic E-state index is -3.05. The molecule has 0 saturated carbocycles. The highest BCUT2D eigenvalue weighted by molar-refractivity contribution is 7.90. The van der Waals surface area contributed by atoms with Gasteiger partial charge in [0.25, 0.3) is 0 Å². The molecule has 0 N–H and O–H groups in total. The third-order valence-corrected chi connectivity index (χ3v) is 6.15. The van der Waals surface area contributed by atoms with E-state index < -0.39 is 9.84 Å². The van der Waals surface area contributed by atoms with Crippen LogP contribution in [0.15, 0.2) is 30.3 Å². The molecule has 1 heterocycles. The normalized spacial score (nSPS) is 24.5. The molecule has 1 fully saturated rings. The first-order valence-corrected chi connectivity index (χ1v) is 9.96. The van der Waals surface area contributed by atoms with Gasteiger partial charge in [-0.2, -0.15) is 0 Å². The molecule has 1 saturated heterocycles. The van der Waals surface area contributed by atoms with Crippen molar-refractivity contribution < 1.29 is 8.42 Å². The van der Waals surface area contributed by atoms with E-state index in [2.05, 4.69) is 30.6 Å². The first kappa shape index (κ1) is 17.4. The van der Waals surface area contributed by atoms with Crippen molar-refractivity contribution in [2.75, 3.05) is 31.9 Å². The molecule has 0 unspecified atom stereocenters. The molecule has 1 aliphatic rings. The Kier molecular flexibility index (Phi) is 6.01. The summed E-state index contributed by atoms with van der Waals surface area (Å²) in [6.07, 6.45) is 0. The van der Waals surface area contributed by atoms with Gasteiger partial charge >= 0.3 is 0 Å². The largest absolute Gasteiger partial charge is 0.298 e. The Labute approximate surface area is 135 Å². The second-order valence-electron chi connectivity index (χ2n) is 6.36. The molecule has 1 aromatic carbocycles. The molecule has 0 amide bonds. The van der Waals surface area contributed by atoms with Crippen LogP contribution in [0.3, 0.4) is 0 Å². The highest BCUT2D eigenvalue weighted by Crippen LogP contribution is 2.15. The summed E-state index contributed by atoms with van der Waals surface area (Å²) in [6.45, 7) is 10.3. The molecule has 22 heavy (non-hydrogen) atoms. The Balaban J connectivity index is 1.89. The fourth-order valence-electron chi connectivity index (χ4n) is 3.18. The molecule has 0 aromatic heterocycles. The lowest BCUT2D eigenvalue weighted by Gasteiger charge is -2.43. The van der Waals surface area contributed by atoms with E-state index in [1.807, 2.05) is 30.3 Å². The molecule has 0 radical (unpaired) electrons. The second kappa shape index (κ2) is 7.57. The van der Waals surface area contributed by atoms with E-state index in [-0.39, 0.29) is 11.5 Å². The van der Waals surface area contributed by atoms with Crippen LogP contribution in [-0.2, 0) is 15.6 Å². The predicted molar refractivity (Wildman–Crippen MR) is 91.7 cm³/mol. The second-order valence-corrected chi connectivity index (χ2v) is 8.54. The zero-order valence-electron chi connectivity index (χ0n) is 13.9. The molecule has 0 aliphatic carbocycles. The predicted octanol–water partition coefficient (Wildman–Crippen LogP) is 2.02. The first-order valence-electron chi connectivity index (χ1n) is 8.13. The van der Waals surface area contributed by atoms with Crippen molar-refractivity contribution in [2.45, 2.75) is 38.6 Å². The molecule has 2 rings (SSSR count). The molecular formula is C17H28N2O2S. The van der Waals surface area contributed by atoms with Gasteiger partial charge in [-0.15, -0.1) is 0 Å². The van der Waals surface area contributed by atoms with E-state index >= 15 is 0 Å². The van der Waals surface area contributed by atoms with Crippen LogP contribution in [0.4, 0.5) is 0 Å². The van der Waals surface area contributed by atoms with E-state index in [4.69, 9.17) is 0 Å². The minimum absolute atomic E-state index is 0.146. The highest BCUT2D eigenvalue weighted by atomic mass is 32.2. The van der Waals surface area contributed by atoms with Crippen LogP contribution in [0.25, 0.3) is 0 Å². The lowest BCUT2D eigenvalue weighted by atomic mass is 10.1. The average molecular weight is 324 g/mol. The van der Waals surface area contributed by atoms with Crippen LogP contribution in [-0.4, -0.2) is 62.2 Å². The van der Waals surface area contributed by atoms with Gasteiger partial charge in [0.1, 0.15) is 0 Å². The number of hydrogen-bond donors (Lipinski definition) is 0. The Morgan fingerprint density at radius 1 is 1.05 bits per heavy atom. The van der Waals surface area contributed by atoms with Crippen molar-refractivity contribution in [3.8, 4) is 0 Å². The zero-order valence-corrected chi connectivity index (χ0v) is 14.7. The summed E-state index contributed by atoms with van der Waals surface area (Å²) < 4.78 is 24.6. The van der Waals surface area contributed by atoms with Crippen LogP contribution in [0.5, 0.6) is 0 Å². The lowest BCUT2D eigenvalue weighted by Crippen LogP contribution is -2.56. The lowest BCUT2D eigenvalue weighted by molar-refractivity contribution is 0.0505. The van der Waals surface area contributed by atoms with Gasteiger partial charge in [0, 0.05) is 31.7 Å². The van der Waals surface area contributed by atoms with Crippen molar-refractivity contribution in [2.24, 2.45) is 0 Å². The molecule has 1 aliphatic heterocycles. The maximum Gasteiger partial charge on any atom is 0.155 e. The Morgan fingerprint density at radius 2 is 1.64 bits per heavy atom. The molecule has 4 nitrogen and oxygen atoms in total. The van der Waals surface area contributed by atoms with Crippen LogP contribution >= 0.6 is 0 Å². The van der Waals surface area contributed by atoms with Crippen molar-refractivity contribution in [1.82, 2.24) is 9.80 Å². The summed E-state index contributed by atoms with van der Waals surface area (Å²) in [4.78, 5) is 4.78. The molecule has 0 spiro atoms. The first-order chi connectivity index (χ1) is 10.4. The van der Waals surface area contributed by atoms with Crippen LogP contribution < -0.4 is 0 Å². The SMILES string of the molecule is CCN1C[C@H](C)N(CCS(=O)(=O)Cc2ccccc2)C[C@H]1C. The topological polar surface area (TPSA) is 40.6 Å². The van der Waals surface area contributed by atoms with Gasteiger partial charge in [-0.1, -0.05) is 37.3 Å². The van der Waals surface area contributed by atoms with Crippen molar-refractivity contribution in [3.63, 3.8) is 0 Å². The molecular weight excluding hydrogens is 296 g/mol. The van der Waals surface area contributed by atoms with E-state index in [0.29, 0.717) is 18.6 Å². The summed E-state index contributed by atoms with van der Waals surface area (Å²) in [5.74, 6) is 0.387. The average Bonchev–Trinajstić information content (AvgIpc) is 2.48. The summed E-state index contributed by atoms with van der Waals surface area (Å²) in [5.41, 5.74) is 0.875. The number of rotatable bonds is 6. The van der Waals surface area contributed by atoms with Gasteiger partial charge in [-0.25, -0.2) is 8.42 Å². The summed E-state index contributed by atoms with van der Waals surface area (Å²) >= 11 is 0. The monoisotopic (exact) mass is 324 g/mol. The fraction of sp³-hybridized carbons (Fsp3) is 0.647. The number of sulfone groups is 1. The number of nitrogens with zero attached hydrogens (tertiary/aromatic N) is 2. The third kappa shape index (κ3) is 4.80. The van der Waals surface area contributed by atoms with E-state index in [9.17, 15) is 8.42 Å². The maximum absolute atomic E-state index is 12.3. The van der Waals surface area contributed by atoms with Crippen LogP contribution in [0.2, 0.25) is 0 Å². The number of benzene rings is 1. The summed E-state index contributed by atoms with van der Waals surface area (Å²) in [5, 5.41) is 0. The molecule has 0 bridgehead atoms. The Bertz CT molecular complexity index is 559. The van der Waals surface area contributed by atoms with E-state index in [1.165, 1.54) is 0 Å². The van der Waals surface area contributed by atoms with Crippen molar-refractivity contribution in [1.29, 1.82) is 0 Å². The molecule has 1 aromatic rings. The van der Waals surface area contributed by atoms with Crippen LogP contribution in [0.1, 0.15) is 26.3 Å². The van der Waals surface area contributed by atoms with Crippen molar-refractivity contribution >= 4 is 9.84 Å². The maximum atomic E-state index is 12.3. The van der Waals surface area contributed by atoms with Crippen molar-refractivity contribution in [3.05, 3.63) is 35.9 Å². The fourth-order valence-corrected chi connectivity index (χ4v) is 4.54. The van der Waals surface area contributed by atoms with Gasteiger partial charge < -0.3 is 0 Å². The Morgan fingerprint density at radius 3 is 2.27 bits per heavy atom. The standard InChI is InChI=1S/C17H28N2O2S/c1-4-18-12-16(3)19(13-15(18)2)10-11-22(20,21)14-17-8-6-5-7-9-17/h5-9,15-16H,4,10-14H2,1-3H3/t15-,16+/m1/s1. The summed E-state index contributed by atoms with van der Waals surface area (Å²) in [7, 11) is -3.05. The smallest absolute Gasteiger partial charge is 0.155 e. The van der Waals surface area contributed by atoms with Crippen LogP contribution in [0, 0.1) is 0 Å². The molecule has 2 atom stereocenters. The quantitative estimate of drug-likeness (QED) is 0.803. The van der Waals surface area contributed by atoms with Gasteiger partial charge in [0.2, 0.25) is 0 Å². The summed E-state index contributed by atoms with van der Waals surface area (Å²) in [6, 6.07) is 10.4. The van der Waals surface area contributed by atoms with Gasteiger partial charge in [0.05, 0.1) is 11.5 Å². The van der Waals surface area contributed by atoms with Gasteiger partial charge in [0.15, 0.2) is 9.84 Å². The number of likely N-dealkylation sites (N-methyl/N-ethyl adjacent to an activating group) is 1. The van der Waals surface area contributed by atoms with Gasteiger partial charge in [-0.3, -0.25) is 9.80 Å². The number of piperazine rings is 1. The van der Waals surface area contributed by atoms with E-state index in [0.717, 1.165) is 25.2 Å². The molecule has 124 valence electrons. The highest BCUT2D eigenvalue weighted by Gasteiger charge is 2.28.